The summed E-state index contributed by atoms with van der Waals surface area (Å²) in [4.78, 5) is 27.9. The highest BCUT2D eigenvalue weighted by Gasteiger charge is 2.25. The monoisotopic (exact) mass is 331 g/mol. The molecule has 0 N–H and O–H groups in total. The molecule has 1 aromatic rings. The molecule has 0 bridgehead atoms. The molecule has 2 heterocycles. The normalized spacial score (nSPS) is 17.5. The summed E-state index contributed by atoms with van der Waals surface area (Å²) in [6, 6.07) is 1.67. The fourth-order valence-electron chi connectivity index (χ4n) is 2.49. The van der Waals surface area contributed by atoms with E-state index >= 15 is 0 Å². The first kappa shape index (κ1) is 16.2. The number of hydrogen-bond acceptors (Lipinski definition) is 2. The Morgan fingerprint density at radius 1 is 1.19 bits per heavy atom. The summed E-state index contributed by atoms with van der Waals surface area (Å²) in [6.07, 6.45) is 2.46. The lowest BCUT2D eigenvalue weighted by Crippen LogP contribution is -2.40. The van der Waals surface area contributed by atoms with Crippen molar-refractivity contribution in [2.24, 2.45) is 7.05 Å². The Labute approximate surface area is 134 Å². The first-order valence-corrected chi connectivity index (χ1v) is 7.75. The van der Waals surface area contributed by atoms with Crippen molar-refractivity contribution in [1.29, 1.82) is 0 Å². The average Bonchev–Trinajstić information content (AvgIpc) is 2.65. The molecule has 7 heteroatoms. The number of aryl methyl sites for hydroxylation is 1. The number of amides is 2. The lowest BCUT2D eigenvalue weighted by atomic mass is 10.3. The highest BCUT2D eigenvalue weighted by molar-refractivity contribution is 6.31. The zero-order chi connectivity index (χ0) is 15.6. The first-order chi connectivity index (χ1) is 9.90. The van der Waals surface area contributed by atoms with Crippen molar-refractivity contribution >= 4 is 35.0 Å². The highest BCUT2D eigenvalue weighted by Crippen LogP contribution is 2.16. The van der Waals surface area contributed by atoms with E-state index in [2.05, 4.69) is 0 Å². The minimum Gasteiger partial charge on any atom is -0.345 e. The van der Waals surface area contributed by atoms with Gasteiger partial charge in [0, 0.05) is 39.4 Å². The Hall–Kier alpha value is -1.20. The van der Waals surface area contributed by atoms with Crippen molar-refractivity contribution in [3.05, 3.63) is 23.0 Å². The summed E-state index contributed by atoms with van der Waals surface area (Å²) in [7, 11) is 1.79. The molecule has 1 saturated heterocycles. The molecule has 0 saturated carbocycles. The molecule has 0 aromatic carbocycles. The minimum atomic E-state index is -0.529. The third-order valence-corrected chi connectivity index (χ3v) is 4.02. The van der Waals surface area contributed by atoms with Gasteiger partial charge in [0.05, 0.1) is 5.02 Å². The molecular weight excluding hydrogens is 313 g/mol. The van der Waals surface area contributed by atoms with Crippen LogP contribution in [0.2, 0.25) is 5.02 Å². The van der Waals surface area contributed by atoms with Gasteiger partial charge < -0.3 is 14.4 Å². The van der Waals surface area contributed by atoms with E-state index in [1.165, 1.54) is 0 Å². The van der Waals surface area contributed by atoms with Gasteiger partial charge in [0.2, 0.25) is 5.91 Å². The van der Waals surface area contributed by atoms with E-state index in [-0.39, 0.29) is 11.8 Å². The standard InChI is InChI=1S/C14H19Cl2N3O2/c1-10(15)13(20)18-4-3-5-19(7-6-18)14(21)12-8-11(16)9-17(12)2/h8-10H,3-7H2,1-2H3. The SMILES string of the molecule is CC(Cl)C(=O)N1CCCN(C(=O)c2cc(Cl)cn2C)CC1. The van der Waals surface area contributed by atoms with Gasteiger partial charge in [-0.3, -0.25) is 9.59 Å². The van der Waals surface area contributed by atoms with Crippen LogP contribution in [0.5, 0.6) is 0 Å². The van der Waals surface area contributed by atoms with E-state index < -0.39 is 5.38 Å². The van der Waals surface area contributed by atoms with Crippen LogP contribution < -0.4 is 0 Å². The Morgan fingerprint density at radius 2 is 1.81 bits per heavy atom. The third-order valence-electron chi connectivity index (χ3n) is 3.63. The maximum absolute atomic E-state index is 12.5. The predicted octanol–water partition coefficient (Wildman–Crippen LogP) is 1.98. The number of halogens is 2. The Balaban J connectivity index is 2.04. The topological polar surface area (TPSA) is 45.6 Å². The number of nitrogens with zero attached hydrogens (tertiary/aromatic N) is 3. The molecule has 116 valence electrons. The highest BCUT2D eigenvalue weighted by atomic mass is 35.5. The zero-order valence-corrected chi connectivity index (χ0v) is 13.7. The molecule has 2 rings (SSSR count). The van der Waals surface area contributed by atoms with E-state index in [1.54, 1.807) is 40.6 Å². The lowest BCUT2D eigenvalue weighted by molar-refractivity contribution is -0.130. The number of carbonyl (C=O) groups is 2. The van der Waals surface area contributed by atoms with E-state index in [9.17, 15) is 9.59 Å². The zero-order valence-electron chi connectivity index (χ0n) is 12.2. The summed E-state index contributed by atoms with van der Waals surface area (Å²) in [5.41, 5.74) is 0.561. The van der Waals surface area contributed by atoms with Gasteiger partial charge in [-0.1, -0.05) is 11.6 Å². The maximum Gasteiger partial charge on any atom is 0.270 e. The summed E-state index contributed by atoms with van der Waals surface area (Å²) >= 11 is 11.8. The van der Waals surface area contributed by atoms with E-state index in [0.717, 1.165) is 6.42 Å². The number of aromatic nitrogens is 1. The van der Waals surface area contributed by atoms with E-state index in [1.807, 2.05) is 0 Å². The maximum atomic E-state index is 12.5. The third kappa shape index (κ3) is 3.71. The molecule has 1 unspecified atom stereocenters. The molecule has 5 nitrogen and oxygen atoms in total. The van der Waals surface area contributed by atoms with Crippen molar-refractivity contribution in [1.82, 2.24) is 14.4 Å². The summed E-state index contributed by atoms with van der Waals surface area (Å²) < 4.78 is 1.72. The van der Waals surface area contributed by atoms with Gasteiger partial charge in [-0.25, -0.2) is 0 Å². The predicted molar refractivity (Wildman–Crippen MR) is 82.8 cm³/mol. The van der Waals surface area contributed by atoms with Crippen LogP contribution in [0.25, 0.3) is 0 Å². The molecule has 2 amide bonds. The molecule has 1 aliphatic heterocycles. The van der Waals surface area contributed by atoms with Crippen LogP contribution in [-0.2, 0) is 11.8 Å². The van der Waals surface area contributed by atoms with Crippen LogP contribution in [0, 0.1) is 0 Å². The van der Waals surface area contributed by atoms with Gasteiger partial charge in [-0.2, -0.15) is 0 Å². The van der Waals surface area contributed by atoms with Crippen molar-refractivity contribution in [3.8, 4) is 0 Å². The van der Waals surface area contributed by atoms with Crippen molar-refractivity contribution < 1.29 is 9.59 Å². The summed E-state index contributed by atoms with van der Waals surface area (Å²) in [5, 5.41) is 0.0161. The Kier molecular flexibility index (Phi) is 5.17. The summed E-state index contributed by atoms with van der Waals surface area (Å²) in [6.45, 7) is 3.95. The van der Waals surface area contributed by atoms with Gasteiger partial charge in [0.15, 0.2) is 0 Å². The van der Waals surface area contributed by atoms with Gasteiger partial charge in [0.25, 0.3) is 5.91 Å². The van der Waals surface area contributed by atoms with E-state index in [0.29, 0.717) is 36.9 Å². The number of hydrogen-bond donors (Lipinski definition) is 0. The smallest absolute Gasteiger partial charge is 0.270 e. The molecule has 1 aromatic heterocycles. The second-order valence-electron chi connectivity index (χ2n) is 5.24. The second-order valence-corrected chi connectivity index (χ2v) is 6.33. The average molecular weight is 332 g/mol. The number of rotatable bonds is 2. The van der Waals surface area contributed by atoms with Gasteiger partial charge in [-0.05, 0) is 19.4 Å². The molecule has 1 atom stereocenters. The van der Waals surface area contributed by atoms with Gasteiger partial charge in [-0.15, -0.1) is 11.6 Å². The lowest BCUT2D eigenvalue weighted by Gasteiger charge is -2.23. The fraction of sp³-hybridized carbons (Fsp3) is 0.571. The number of carbonyl (C=O) groups excluding carboxylic acids is 2. The largest absolute Gasteiger partial charge is 0.345 e. The van der Waals surface area contributed by atoms with Crippen molar-refractivity contribution in [2.75, 3.05) is 26.2 Å². The van der Waals surface area contributed by atoms with Crippen LogP contribution in [0.3, 0.4) is 0 Å². The molecule has 0 radical (unpaired) electrons. The van der Waals surface area contributed by atoms with Crippen molar-refractivity contribution in [2.45, 2.75) is 18.7 Å². The van der Waals surface area contributed by atoms with E-state index in [4.69, 9.17) is 23.2 Å². The molecule has 1 aliphatic rings. The second kappa shape index (κ2) is 6.71. The van der Waals surface area contributed by atoms with Crippen LogP contribution in [-0.4, -0.2) is 57.7 Å². The molecular formula is C14H19Cl2N3O2. The van der Waals surface area contributed by atoms with Crippen LogP contribution in [0.15, 0.2) is 12.3 Å². The molecule has 0 aliphatic carbocycles. The van der Waals surface area contributed by atoms with Gasteiger partial charge >= 0.3 is 0 Å². The number of alkyl halides is 1. The first-order valence-electron chi connectivity index (χ1n) is 6.94. The minimum absolute atomic E-state index is 0.0578. The molecule has 1 fully saturated rings. The van der Waals surface area contributed by atoms with Gasteiger partial charge in [0.1, 0.15) is 11.1 Å². The summed E-state index contributed by atoms with van der Waals surface area (Å²) in [5.74, 6) is -0.134. The van der Waals surface area contributed by atoms with Crippen LogP contribution in [0.1, 0.15) is 23.8 Å². The quantitative estimate of drug-likeness (QED) is 0.778. The Bertz CT molecular complexity index is 542. The van der Waals surface area contributed by atoms with Crippen LogP contribution in [0.4, 0.5) is 0 Å². The Morgan fingerprint density at radius 3 is 2.38 bits per heavy atom. The van der Waals surface area contributed by atoms with Crippen molar-refractivity contribution in [3.63, 3.8) is 0 Å². The van der Waals surface area contributed by atoms with Crippen LogP contribution >= 0.6 is 23.2 Å². The fourth-order valence-corrected chi connectivity index (χ4v) is 2.88. The molecule has 0 spiro atoms. The molecule has 21 heavy (non-hydrogen) atoms.